The van der Waals surface area contributed by atoms with E-state index in [1.54, 1.807) is 24.3 Å². The van der Waals surface area contributed by atoms with Crippen LogP contribution in [0.25, 0.3) is 0 Å². The molecule has 0 fully saturated rings. The molecule has 106 valence electrons. The lowest BCUT2D eigenvalue weighted by Gasteiger charge is -2.29. The molecule has 0 aliphatic rings. The van der Waals surface area contributed by atoms with Crippen LogP contribution in [0.1, 0.15) is 26.3 Å². The molecule has 5 heteroatoms. The summed E-state index contributed by atoms with van der Waals surface area (Å²) in [6.07, 6.45) is 0. The molecule has 1 rings (SSSR count). The molecule has 0 aliphatic carbocycles. The Morgan fingerprint density at radius 1 is 1.26 bits per heavy atom. The lowest BCUT2D eigenvalue weighted by molar-refractivity contribution is 0.305. The first-order chi connectivity index (χ1) is 8.66. The molecule has 0 bridgehead atoms. The first-order valence-electron chi connectivity index (χ1n) is 6.18. The summed E-state index contributed by atoms with van der Waals surface area (Å²) in [6.45, 7) is 11.6. The number of aliphatic imine (C=N–C) groups is 1. The Morgan fingerprint density at radius 3 is 2.21 bits per heavy atom. The number of aryl methyl sites for hydroxylation is 1. The summed E-state index contributed by atoms with van der Waals surface area (Å²) < 4.78 is 27.3. The molecule has 19 heavy (non-hydrogen) atoms. The van der Waals surface area contributed by atoms with E-state index in [4.69, 9.17) is 0 Å². The average Bonchev–Trinajstić information content (AvgIpc) is 2.27. The zero-order chi connectivity index (χ0) is 14.7. The van der Waals surface area contributed by atoms with E-state index in [9.17, 15) is 8.42 Å². The molecule has 1 N–H and O–H groups in total. The van der Waals surface area contributed by atoms with E-state index in [1.165, 1.54) is 0 Å². The summed E-state index contributed by atoms with van der Waals surface area (Å²) in [4.78, 5) is 4.09. The molecule has 0 heterocycles. The normalized spacial score (nSPS) is 14.1. The second kappa shape index (κ2) is 5.84. The van der Waals surface area contributed by atoms with Gasteiger partial charge in [0.25, 0.3) is 0 Å². The topological polar surface area (TPSA) is 58.5 Å². The molecule has 4 nitrogen and oxygen atoms in total. The highest BCUT2D eigenvalue weighted by Crippen LogP contribution is 2.22. The number of rotatable bonds is 5. The highest BCUT2D eigenvalue weighted by molar-refractivity contribution is 7.89. The summed E-state index contributed by atoms with van der Waals surface area (Å²) in [5.41, 5.74) is 0.804. The van der Waals surface area contributed by atoms with Crippen molar-refractivity contribution in [3.05, 3.63) is 29.8 Å². The van der Waals surface area contributed by atoms with Gasteiger partial charge < -0.3 is 0 Å². The minimum atomic E-state index is -3.52. The SMILES string of the molecule is C=NC[C@@H](NS(=O)(=O)c1ccc(C)cc1)C(C)(C)C. The molecule has 0 aliphatic heterocycles. The van der Waals surface area contributed by atoms with Gasteiger partial charge in [-0.1, -0.05) is 38.5 Å². The van der Waals surface area contributed by atoms with E-state index >= 15 is 0 Å². The molecule has 0 unspecified atom stereocenters. The molecule has 0 aromatic heterocycles. The van der Waals surface area contributed by atoms with E-state index < -0.39 is 10.0 Å². The van der Waals surface area contributed by atoms with Gasteiger partial charge in [0.05, 0.1) is 11.4 Å². The van der Waals surface area contributed by atoms with E-state index in [0.29, 0.717) is 6.54 Å². The van der Waals surface area contributed by atoms with Crippen molar-refractivity contribution >= 4 is 16.7 Å². The predicted molar refractivity (Wildman–Crippen MR) is 79.2 cm³/mol. The lowest BCUT2D eigenvalue weighted by atomic mass is 9.87. The van der Waals surface area contributed by atoms with Crippen LogP contribution in [0.15, 0.2) is 34.2 Å². The van der Waals surface area contributed by atoms with Gasteiger partial charge in [0.1, 0.15) is 0 Å². The molecule has 1 aromatic carbocycles. The molecule has 0 saturated heterocycles. The van der Waals surface area contributed by atoms with E-state index in [1.807, 2.05) is 27.7 Å². The van der Waals surface area contributed by atoms with Crippen molar-refractivity contribution < 1.29 is 8.42 Å². The number of hydrogen-bond acceptors (Lipinski definition) is 3. The first kappa shape index (κ1) is 15.9. The minimum absolute atomic E-state index is 0.223. The largest absolute Gasteiger partial charge is 0.299 e. The Bertz CT molecular complexity index is 528. The van der Waals surface area contributed by atoms with Gasteiger partial charge in [0.2, 0.25) is 10.0 Å². The number of nitrogens with one attached hydrogen (secondary N) is 1. The van der Waals surface area contributed by atoms with Crippen LogP contribution in [-0.2, 0) is 10.0 Å². The summed E-state index contributed by atoms with van der Waals surface area (Å²) >= 11 is 0. The first-order valence-corrected chi connectivity index (χ1v) is 7.66. The zero-order valence-electron chi connectivity index (χ0n) is 12.0. The Kier molecular flexibility index (Phi) is 4.87. The summed E-state index contributed by atoms with van der Waals surface area (Å²) in [6, 6.07) is 6.51. The standard InChI is InChI=1S/C14H22N2O2S/c1-11-6-8-12(9-7-11)19(17,18)16-13(10-15-5)14(2,3)4/h6-9,13,16H,5,10H2,1-4H3/t13-/m1/s1. The lowest BCUT2D eigenvalue weighted by Crippen LogP contribution is -2.45. The summed E-state index contributed by atoms with van der Waals surface area (Å²) in [5, 5.41) is 0. The fourth-order valence-corrected chi connectivity index (χ4v) is 3.02. The third-order valence-electron chi connectivity index (χ3n) is 2.99. The molecule has 1 atom stereocenters. The molecule has 0 amide bonds. The number of hydrogen-bond donors (Lipinski definition) is 1. The second-order valence-corrected chi connectivity index (χ2v) is 7.47. The zero-order valence-corrected chi connectivity index (χ0v) is 12.8. The van der Waals surface area contributed by atoms with Crippen molar-refractivity contribution in [2.75, 3.05) is 6.54 Å². The van der Waals surface area contributed by atoms with Crippen molar-refractivity contribution in [1.82, 2.24) is 4.72 Å². The molecular formula is C14H22N2O2S. The van der Waals surface area contributed by atoms with Gasteiger partial charge in [-0.3, -0.25) is 4.99 Å². The fraction of sp³-hybridized carbons (Fsp3) is 0.500. The minimum Gasteiger partial charge on any atom is -0.299 e. The van der Waals surface area contributed by atoms with E-state index in [-0.39, 0.29) is 16.4 Å². The Hall–Kier alpha value is -1.20. The Labute approximate surface area is 116 Å². The van der Waals surface area contributed by atoms with Crippen LogP contribution in [0.3, 0.4) is 0 Å². The summed E-state index contributed by atoms with van der Waals surface area (Å²) in [7, 11) is -3.52. The van der Waals surface area contributed by atoms with Crippen molar-refractivity contribution in [3.63, 3.8) is 0 Å². The molecule has 1 aromatic rings. The van der Waals surface area contributed by atoms with Gasteiger partial charge >= 0.3 is 0 Å². The van der Waals surface area contributed by atoms with E-state index in [2.05, 4.69) is 16.4 Å². The summed E-state index contributed by atoms with van der Waals surface area (Å²) in [5.74, 6) is 0. The molecular weight excluding hydrogens is 260 g/mol. The van der Waals surface area contributed by atoms with Crippen LogP contribution in [-0.4, -0.2) is 27.7 Å². The molecule has 0 radical (unpaired) electrons. The second-order valence-electron chi connectivity index (χ2n) is 5.76. The van der Waals surface area contributed by atoms with Crippen LogP contribution < -0.4 is 4.72 Å². The third kappa shape index (κ3) is 4.44. The van der Waals surface area contributed by atoms with Crippen molar-refractivity contribution in [3.8, 4) is 0 Å². The number of sulfonamides is 1. The van der Waals surface area contributed by atoms with Gasteiger partial charge in [0.15, 0.2) is 0 Å². The average molecular weight is 282 g/mol. The number of benzene rings is 1. The smallest absolute Gasteiger partial charge is 0.240 e. The molecule has 0 saturated carbocycles. The maximum absolute atomic E-state index is 12.3. The van der Waals surface area contributed by atoms with Gasteiger partial charge in [-0.25, -0.2) is 13.1 Å². The highest BCUT2D eigenvalue weighted by atomic mass is 32.2. The fourth-order valence-electron chi connectivity index (χ4n) is 1.59. The van der Waals surface area contributed by atoms with Crippen LogP contribution in [0.5, 0.6) is 0 Å². The van der Waals surface area contributed by atoms with Gasteiger partial charge in [-0.2, -0.15) is 0 Å². The maximum atomic E-state index is 12.3. The van der Waals surface area contributed by atoms with Gasteiger partial charge in [-0.15, -0.1) is 0 Å². The van der Waals surface area contributed by atoms with Crippen LogP contribution >= 0.6 is 0 Å². The van der Waals surface area contributed by atoms with Gasteiger partial charge in [0, 0.05) is 6.04 Å². The van der Waals surface area contributed by atoms with Crippen LogP contribution in [0, 0.1) is 12.3 Å². The van der Waals surface area contributed by atoms with Crippen molar-refractivity contribution in [2.24, 2.45) is 10.4 Å². The van der Waals surface area contributed by atoms with Gasteiger partial charge in [-0.05, 0) is 31.2 Å². The predicted octanol–water partition coefficient (Wildman–Crippen LogP) is 2.39. The van der Waals surface area contributed by atoms with Crippen molar-refractivity contribution in [2.45, 2.75) is 38.6 Å². The number of nitrogens with zero attached hydrogens (tertiary/aromatic N) is 1. The maximum Gasteiger partial charge on any atom is 0.240 e. The molecule has 0 spiro atoms. The Morgan fingerprint density at radius 2 is 1.79 bits per heavy atom. The third-order valence-corrected chi connectivity index (χ3v) is 4.47. The Balaban J connectivity index is 3.00. The van der Waals surface area contributed by atoms with Crippen molar-refractivity contribution in [1.29, 1.82) is 0 Å². The van der Waals surface area contributed by atoms with E-state index in [0.717, 1.165) is 5.56 Å². The monoisotopic (exact) mass is 282 g/mol. The quantitative estimate of drug-likeness (QED) is 0.843. The van der Waals surface area contributed by atoms with Crippen LogP contribution in [0.2, 0.25) is 0 Å². The van der Waals surface area contributed by atoms with Crippen LogP contribution in [0.4, 0.5) is 0 Å². The highest BCUT2D eigenvalue weighted by Gasteiger charge is 2.29.